The fourth-order valence-electron chi connectivity index (χ4n) is 2.82. The topological polar surface area (TPSA) is 44.0 Å². The van der Waals surface area contributed by atoms with Gasteiger partial charge in [0.2, 0.25) is 0 Å². The Morgan fingerprint density at radius 3 is 2.71 bits per heavy atom. The summed E-state index contributed by atoms with van der Waals surface area (Å²) in [6, 6.07) is 5.65. The molecule has 110 valence electrons. The molecule has 4 nitrogen and oxygen atoms in total. The quantitative estimate of drug-likeness (QED) is 0.796. The highest BCUT2D eigenvalue weighted by Gasteiger charge is 2.28. The van der Waals surface area contributed by atoms with E-state index in [1.54, 1.807) is 12.3 Å². The minimum absolute atomic E-state index is 0.0183. The number of Topliss-reactive ketones (excluding diaryl/α,β-unsaturated/α-hetero) is 1. The fourth-order valence-corrected chi connectivity index (χ4v) is 3.20. The first-order valence-corrected chi connectivity index (χ1v) is 7.84. The van der Waals surface area contributed by atoms with Crippen LogP contribution in [0.25, 0.3) is 0 Å². The Kier molecular flexibility index (Phi) is 3.61. The van der Waals surface area contributed by atoms with Crippen LogP contribution in [0, 0.1) is 13.8 Å². The standard InChI is InChI=1S/C16H17BrN2O2/c1-10-7-14(11(2)19(10)13-4-5-13)15(20)9-18-8-12(17)3-6-16(18)21/h3,6-8,13H,4-5,9H2,1-2H3. The summed E-state index contributed by atoms with van der Waals surface area (Å²) in [6.07, 6.45) is 4.03. The maximum Gasteiger partial charge on any atom is 0.251 e. The van der Waals surface area contributed by atoms with Gasteiger partial charge in [-0.05, 0) is 54.8 Å². The molecule has 0 saturated heterocycles. The zero-order chi connectivity index (χ0) is 15.1. The molecular formula is C16H17BrN2O2. The maximum atomic E-state index is 12.5. The van der Waals surface area contributed by atoms with Crippen molar-refractivity contribution in [2.45, 2.75) is 39.3 Å². The smallest absolute Gasteiger partial charge is 0.251 e. The third kappa shape index (κ3) is 2.75. The van der Waals surface area contributed by atoms with Gasteiger partial charge in [-0.2, -0.15) is 0 Å². The van der Waals surface area contributed by atoms with E-state index in [1.165, 1.54) is 23.5 Å². The lowest BCUT2D eigenvalue weighted by Gasteiger charge is -2.08. The number of carbonyl (C=O) groups is 1. The zero-order valence-electron chi connectivity index (χ0n) is 12.1. The van der Waals surface area contributed by atoms with E-state index in [1.807, 2.05) is 19.9 Å². The molecule has 2 aromatic rings. The summed E-state index contributed by atoms with van der Waals surface area (Å²) in [6.45, 7) is 4.10. The lowest BCUT2D eigenvalue weighted by atomic mass is 10.1. The van der Waals surface area contributed by atoms with Crippen molar-refractivity contribution < 1.29 is 4.79 Å². The number of nitrogens with zero attached hydrogens (tertiary/aromatic N) is 2. The molecule has 0 atom stereocenters. The Morgan fingerprint density at radius 1 is 1.33 bits per heavy atom. The maximum absolute atomic E-state index is 12.5. The molecule has 0 bridgehead atoms. The van der Waals surface area contributed by atoms with Crippen LogP contribution in [0.2, 0.25) is 0 Å². The van der Waals surface area contributed by atoms with Gasteiger partial charge in [-0.15, -0.1) is 0 Å². The molecule has 0 unspecified atom stereocenters. The second-order valence-electron chi connectivity index (χ2n) is 5.62. The summed E-state index contributed by atoms with van der Waals surface area (Å²) in [7, 11) is 0. The van der Waals surface area contributed by atoms with Gasteiger partial charge in [-0.1, -0.05) is 0 Å². The minimum Gasteiger partial charge on any atom is -0.345 e. The van der Waals surface area contributed by atoms with E-state index < -0.39 is 0 Å². The van der Waals surface area contributed by atoms with Crippen LogP contribution < -0.4 is 5.56 Å². The molecule has 3 rings (SSSR count). The van der Waals surface area contributed by atoms with Crippen molar-refractivity contribution in [3.05, 3.63) is 56.2 Å². The average Bonchev–Trinajstić information content (AvgIpc) is 3.20. The highest BCUT2D eigenvalue weighted by Crippen LogP contribution is 2.38. The molecule has 5 heteroatoms. The van der Waals surface area contributed by atoms with Gasteiger partial charge in [-0.25, -0.2) is 0 Å². The number of hydrogen-bond donors (Lipinski definition) is 0. The van der Waals surface area contributed by atoms with E-state index in [9.17, 15) is 9.59 Å². The summed E-state index contributed by atoms with van der Waals surface area (Å²) in [5.74, 6) is -0.0183. The molecule has 1 saturated carbocycles. The van der Waals surface area contributed by atoms with E-state index in [4.69, 9.17) is 0 Å². The van der Waals surface area contributed by atoms with E-state index in [0.29, 0.717) is 6.04 Å². The predicted molar refractivity (Wildman–Crippen MR) is 84.9 cm³/mol. The SMILES string of the molecule is Cc1cc(C(=O)Cn2cc(Br)ccc2=O)c(C)n1C1CC1. The monoisotopic (exact) mass is 348 g/mol. The van der Waals surface area contributed by atoms with E-state index >= 15 is 0 Å². The summed E-state index contributed by atoms with van der Waals surface area (Å²) in [5, 5.41) is 0. The summed E-state index contributed by atoms with van der Waals surface area (Å²) >= 11 is 3.32. The third-order valence-corrected chi connectivity index (χ3v) is 4.43. The van der Waals surface area contributed by atoms with Gasteiger partial charge in [-0.3, -0.25) is 9.59 Å². The second-order valence-corrected chi connectivity index (χ2v) is 6.54. The second kappa shape index (κ2) is 5.30. The van der Waals surface area contributed by atoms with Crippen LogP contribution in [-0.4, -0.2) is 14.9 Å². The van der Waals surface area contributed by atoms with Crippen molar-refractivity contribution in [2.24, 2.45) is 0 Å². The molecule has 1 fully saturated rings. The molecular weight excluding hydrogens is 332 g/mol. The van der Waals surface area contributed by atoms with Crippen LogP contribution in [0.3, 0.4) is 0 Å². The number of hydrogen-bond acceptors (Lipinski definition) is 2. The molecule has 0 N–H and O–H groups in total. The van der Waals surface area contributed by atoms with Crippen molar-refractivity contribution in [2.75, 3.05) is 0 Å². The summed E-state index contributed by atoms with van der Waals surface area (Å²) < 4.78 is 4.48. The van der Waals surface area contributed by atoms with Gasteiger partial charge in [0.25, 0.3) is 5.56 Å². The molecule has 21 heavy (non-hydrogen) atoms. The largest absolute Gasteiger partial charge is 0.345 e. The molecule has 1 aliphatic rings. The highest BCUT2D eigenvalue weighted by atomic mass is 79.9. The van der Waals surface area contributed by atoms with E-state index in [2.05, 4.69) is 20.5 Å². The number of ketones is 1. The predicted octanol–water partition coefficient (Wildman–Crippen LogP) is 3.25. The van der Waals surface area contributed by atoms with E-state index in [0.717, 1.165) is 21.4 Å². The number of pyridine rings is 1. The number of rotatable bonds is 4. The molecule has 1 aliphatic carbocycles. The van der Waals surface area contributed by atoms with Crippen molar-refractivity contribution in [1.29, 1.82) is 0 Å². The lowest BCUT2D eigenvalue weighted by molar-refractivity contribution is 0.0970. The molecule has 0 spiro atoms. The van der Waals surface area contributed by atoms with Crippen molar-refractivity contribution >= 4 is 21.7 Å². The molecule has 0 amide bonds. The Hall–Kier alpha value is -1.62. The molecule has 0 aromatic carbocycles. The molecule has 2 heterocycles. The number of aryl methyl sites for hydroxylation is 1. The van der Waals surface area contributed by atoms with Gasteiger partial charge >= 0.3 is 0 Å². The summed E-state index contributed by atoms with van der Waals surface area (Å²) in [4.78, 5) is 24.3. The fraction of sp³-hybridized carbons (Fsp3) is 0.375. The normalized spacial score (nSPS) is 14.4. The van der Waals surface area contributed by atoms with Gasteiger partial charge in [0.05, 0.1) is 6.54 Å². The lowest BCUT2D eigenvalue weighted by Crippen LogP contribution is -2.23. The Balaban J connectivity index is 1.91. The van der Waals surface area contributed by atoms with Crippen LogP contribution in [0.15, 0.2) is 33.7 Å². The Morgan fingerprint density at radius 2 is 2.05 bits per heavy atom. The number of aromatic nitrogens is 2. The van der Waals surface area contributed by atoms with Crippen molar-refractivity contribution in [3.8, 4) is 0 Å². The van der Waals surface area contributed by atoms with Crippen LogP contribution in [0.4, 0.5) is 0 Å². The summed E-state index contributed by atoms with van der Waals surface area (Å²) in [5.41, 5.74) is 2.71. The van der Waals surface area contributed by atoms with Crippen molar-refractivity contribution in [3.63, 3.8) is 0 Å². The van der Waals surface area contributed by atoms with Crippen LogP contribution in [-0.2, 0) is 6.54 Å². The minimum atomic E-state index is -0.164. The Bertz CT molecular complexity index is 769. The molecule has 0 aliphatic heterocycles. The van der Waals surface area contributed by atoms with Crippen LogP contribution in [0.5, 0.6) is 0 Å². The van der Waals surface area contributed by atoms with Gasteiger partial charge in [0, 0.05) is 39.7 Å². The van der Waals surface area contributed by atoms with Crippen molar-refractivity contribution in [1.82, 2.24) is 9.13 Å². The van der Waals surface area contributed by atoms with Gasteiger partial charge < -0.3 is 9.13 Å². The zero-order valence-corrected chi connectivity index (χ0v) is 13.7. The molecule has 0 radical (unpaired) electrons. The Labute approximate surface area is 131 Å². The average molecular weight is 349 g/mol. The van der Waals surface area contributed by atoms with Gasteiger partial charge in [0.1, 0.15) is 0 Å². The molecule has 2 aromatic heterocycles. The van der Waals surface area contributed by atoms with E-state index in [-0.39, 0.29) is 17.9 Å². The van der Waals surface area contributed by atoms with Gasteiger partial charge in [0.15, 0.2) is 5.78 Å². The van der Waals surface area contributed by atoms with Crippen LogP contribution in [0.1, 0.15) is 40.6 Å². The number of halogens is 1. The first-order chi connectivity index (χ1) is 9.97. The van der Waals surface area contributed by atoms with Crippen LogP contribution >= 0.6 is 15.9 Å². The third-order valence-electron chi connectivity index (χ3n) is 3.96. The number of carbonyl (C=O) groups excluding carboxylic acids is 1. The first-order valence-electron chi connectivity index (χ1n) is 7.05. The first kappa shape index (κ1) is 14.3. The highest BCUT2D eigenvalue weighted by molar-refractivity contribution is 9.10.